The zero-order chi connectivity index (χ0) is 27.0. The van der Waals surface area contributed by atoms with E-state index in [9.17, 15) is 17.6 Å². The average Bonchev–Trinajstić information content (AvgIpc) is 2.80. The number of rotatable bonds is 6. The summed E-state index contributed by atoms with van der Waals surface area (Å²) in [5, 5.41) is 5.93. The molecule has 3 heterocycles. The van der Waals surface area contributed by atoms with E-state index in [0.29, 0.717) is 0 Å². The van der Waals surface area contributed by atoms with Crippen molar-refractivity contribution in [1.82, 2.24) is 19.9 Å². The summed E-state index contributed by atoms with van der Waals surface area (Å²) in [6.45, 7) is 8.52. The van der Waals surface area contributed by atoms with E-state index in [-0.39, 0.29) is 46.1 Å². The monoisotopic (exact) mass is 518 g/mol. The van der Waals surface area contributed by atoms with Crippen molar-refractivity contribution in [3.05, 3.63) is 60.3 Å². The summed E-state index contributed by atoms with van der Waals surface area (Å²) in [7, 11) is 2.08. The third-order valence-electron chi connectivity index (χ3n) is 6.81. The lowest BCUT2D eigenvalue weighted by Crippen LogP contribution is -2.61. The zero-order valence-corrected chi connectivity index (χ0v) is 21.3. The van der Waals surface area contributed by atoms with Gasteiger partial charge in [-0.1, -0.05) is 0 Å². The lowest BCUT2D eigenvalue weighted by atomic mass is 9.77. The van der Waals surface area contributed by atoms with Crippen molar-refractivity contribution in [2.75, 3.05) is 17.7 Å². The van der Waals surface area contributed by atoms with Crippen LogP contribution in [0.1, 0.15) is 46.1 Å². The van der Waals surface area contributed by atoms with Crippen molar-refractivity contribution in [3.8, 4) is 11.5 Å². The first-order valence-corrected chi connectivity index (χ1v) is 11.8. The van der Waals surface area contributed by atoms with E-state index in [1.165, 1.54) is 36.7 Å². The van der Waals surface area contributed by atoms with Crippen molar-refractivity contribution in [3.63, 3.8) is 0 Å². The number of piperidine rings is 1. The van der Waals surface area contributed by atoms with E-state index < -0.39 is 17.6 Å². The van der Waals surface area contributed by atoms with Gasteiger partial charge in [0.05, 0.1) is 6.20 Å². The summed E-state index contributed by atoms with van der Waals surface area (Å²) < 4.78 is 61.4. The molecule has 1 aromatic carbocycles. The quantitative estimate of drug-likeness (QED) is 0.355. The number of halogens is 4. The second-order valence-corrected chi connectivity index (χ2v) is 10.4. The summed E-state index contributed by atoms with van der Waals surface area (Å²) in [6, 6.07) is 6.38. The number of hydrogen-bond acceptors (Lipinski definition) is 7. The molecule has 1 fully saturated rings. The Morgan fingerprint density at radius 3 is 2.30 bits per heavy atom. The van der Waals surface area contributed by atoms with Crippen molar-refractivity contribution in [2.24, 2.45) is 0 Å². The maximum Gasteiger partial charge on any atom is 0.420 e. The van der Waals surface area contributed by atoms with Gasteiger partial charge in [0.15, 0.2) is 11.6 Å². The third-order valence-corrected chi connectivity index (χ3v) is 6.81. The fourth-order valence-electron chi connectivity index (χ4n) is 4.78. The molecule has 0 unspecified atom stereocenters. The van der Waals surface area contributed by atoms with Crippen LogP contribution < -0.4 is 15.4 Å². The maximum atomic E-state index is 14.6. The Morgan fingerprint density at radius 2 is 1.68 bits per heavy atom. The summed E-state index contributed by atoms with van der Waals surface area (Å²) in [5.74, 6) is -0.825. The van der Waals surface area contributed by atoms with Crippen molar-refractivity contribution < 1.29 is 22.3 Å². The number of ether oxygens (including phenoxy) is 1. The highest BCUT2D eigenvalue weighted by Crippen LogP contribution is 2.40. The van der Waals surface area contributed by atoms with Gasteiger partial charge in [0.2, 0.25) is 5.95 Å². The summed E-state index contributed by atoms with van der Waals surface area (Å²) in [4.78, 5) is 14.3. The molecule has 0 bridgehead atoms. The summed E-state index contributed by atoms with van der Waals surface area (Å²) in [6.07, 6.45) is 0.672. The van der Waals surface area contributed by atoms with Crippen LogP contribution in [0.25, 0.3) is 0 Å². The second kappa shape index (κ2) is 9.77. The molecule has 1 saturated heterocycles. The number of pyridine rings is 1. The first-order valence-electron chi connectivity index (χ1n) is 11.8. The molecule has 198 valence electrons. The number of aromatic nitrogens is 3. The third kappa shape index (κ3) is 6.10. The Bertz CT molecular complexity index is 1230. The minimum absolute atomic E-state index is 0.00709. The molecule has 0 radical (unpaired) electrons. The van der Waals surface area contributed by atoms with Gasteiger partial charge in [0, 0.05) is 35.2 Å². The second-order valence-electron chi connectivity index (χ2n) is 10.4. The van der Waals surface area contributed by atoms with Crippen LogP contribution in [0, 0.1) is 5.82 Å². The fourth-order valence-corrected chi connectivity index (χ4v) is 4.78. The van der Waals surface area contributed by atoms with E-state index in [2.05, 4.69) is 65.2 Å². The molecular weight excluding hydrogens is 488 g/mol. The van der Waals surface area contributed by atoms with Gasteiger partial charge in [-0.05, 0) is 77.9 Å². The molecule has 1 aliphatic heterocycles. The van der Waals surface area contributed by atoms with Gasteiger partial charge >= 0.3 is 6.18 Å². The van der Waals surface area contributed by atoms with Crippen LogP contribution in [0.15, 0.2) is 48.9 Å². The molecule has 0 atom stereocenters. The Labute approximate surface area is 213 Å². The maximum absolute atomic E-state index is 14.6. The van der Waals surface area contributed by atoms with Gasteiger partial charge in [0.1, 0.15) is 17.1 Å². The lowest BCUT2D eigenvalue weighted by Gasteiger charge is -2.53. The lowest BCUT2D eigenvalue weighted by molar-refractivity contribution is -0.138. The summed E-state index contributed by atoms with van der Waals surface area (Å²) in [5.41, 5.74) is -1.16. The zero-order valence-electron chi connectivity index (χ0n) is 21.3. The Balaban J connectivity index is 1.56. The Hall–Kier alpha value is -3.47. The molecule has 0 spiro atoms. The average molecular weight is 519 g/mol. The molecule has 7 nitrogen and oxygen atoms in total. The van der Waals surface area contributed by atoms with Crippen LogP contribution in [0.5, 0.6) is 11.5 Å². The first-order chi connectivity index (χ1) is 17.2. The molecule has 0 aliphatic carbocycles. The van der Waals surface area contributed by atoms with Gasteiger partial charge < -0.3 is 15.4 Å². The minimum atomic E-state index is -4.68. The number of nitrogens with one attached hydrogen (secondary N) is 2. The van der Waals surface area contributed by atoms with E-state index >= 15 is 0 Å². The van der Waals surface area contributed by atoms with Gasteiger partial charge in [-0.15, -0.1) is 0 Å². The standard InChI is InChI=1S/C26H30F4N6O/c1-24(2)13-17(14-25(3,4)36(24)5)33-22-20(27)15-32-23(35-22)34-16-6-7-21(19(12-16)26(28,29)30)37-18-8-10-31-11-9-18/h6-12,15,17H,13-14H2,1-5H3,(H2,32,33,34,35). The highest BCUT2D eigenvalue weighted by atomic mass is 19.4. The molecule has 3 aromatic rings. The molecular formula is C26H30F4N6O. The number of hydrogen-bond donors (Lipinski definition) is 2. The van der Waals surface area contributed by atoms with Gasteiger partial charge in [-0.25, -0.2) is 9.37 Å². The number of likely N-dealkylation sites (tertiary alicyclic amines) is 1. The number of nitrogens with zero attached hydrogens (tertiary/aromatic N) is 4. The minimum Gasteiger partial charge on any atom is -0.457 e. The fraction of sp³-hybridized carbons (Fsp3) is 0.423. The van der Waals surface area contributed by atoms with Gasteiger partial charge in [-0.3, -0.25) is 9.88 Å². The molecule has 4 rings (SSSR count). The van der Waals surface area contributed by atoms with Crippen LogP contribution in [0.4, 0.5) is 35.0 Å². The first kappa shape index (κ1) is 26.6. The highest BCUT2D eigenvalue weighted by Gasteiger charge is 2.43. The Kier molecular flexibility index (Phi) is 7.02. The van der Waals surface area contributed by atoms with Gasteiger partial charge in [0.25, 0.3) is 0 Å². The van der Waals surface area contributed by atoms with Crippen LogP contribution in [0.3, 0.4) is 0 Å². The van der Waals surface area contributed by atoms with Crippen LogP contribution in [-0.2, 0) is 6.18 Å². The van der Waals surface area contributed by atoms with E-state index in [1.54, 1.807) is 0 Å². The normalized spacial score (nSPS) is 17.9. The van der Waals surface area contributed by atoms with E-state index in [0.717, 1.165) is 25.1 Å². The molecule has 11 heteroatoms. The van der Waals surface area contributed by atoms with E-state index in [1.807, 2.05) is 0 Å². The largest absolute Gasteiger partial charge is 0.457 e. The molecule has 1 aliphatic rings. The van der Waals surface area contributed by atoms with Crippen LogP contribution in [-0.4, -0.2) is 44.0 Å². The van der Waals surface area contributed by atoms with Crippen LogP contribution in [0.2, 0.25) is 0 Å². The van der Waals surface area contributed by atoms with Crippen molar-refractivity contribution in [1.29, 1.82) is 0 Å². The molecule has 0 saturated carbocycles. The van der Waals surface area contributed by atoms with Gasteiger partial charge in [-0.2, -0.15) is 18.2 Å². The number of alkyl halides is 3. The smallest absolute Gasteiger partial charge is 0.420 e. The Morgan fingerprint density at radius 1 is 1.03 bits per heavy atom. The molecule has 2 N–H and O–H groups in total. The molecule has 0 amide bonds. The SMILES string of the molecule is CN1C(C)(C)CC(Nc2nc(Nc3ccc(Oc4ccncc4)c(C(F)(F)F)c3)ncc2F)CC1(C)C. The topological polar surface area (TPSA) is 75.2 Å². The van der Waals surface area contributed by atoms with Crippen molar-refractivity contribution >= 4 is 17.5 Å². The number of anilines is 3. The van der Waals surface area contributed by atoms with E-state index in [4.69, 9.17) is 4.74 Å². The molecule has 2 aromatic heterocycles. The van der Waals surface area contributed by atoms with Crippen molar-refractivity contribution in [2.45, 2.75) is 63.8 Å². The predicted octanol–water partition coefficient (Wildman–Crippen LogP) is 6.63. The summed E-state index contributed by atoms with van der Waals surface area (Å²) >= 11 is 0. The molecule has 37 heavy (non-hydrogen) atoms. The number of benzene rings is 1. The van der Waals surface area contributed by atoms with Crippen LogP contribution >= 0.6 is 0 Å². The predicted molar refractivity (Wildman–Crippen MR) is 134 cm³/mol. The highest BCUT2D eigenvalue weighted by molar-refractivity contribution is 5.59.